The van der Waals surface area contributed by atoms with Gasteiger partial charge in [-0.1, -0.05) is 30.3 Å². The second-order valence-corrected chi connectivity index (χ2v) is 8.25. The molecular weight excluding hydrogens is 350 g/mol. The predicted molar refractivity (Wildman–Crippen MR) is 115 cm³/mol. The van der Waals surface area contributed by atoms with E-state index in [0.717, 1.165) is 25.9 Å². The Bertz CT molecular complexity index is 624. The van der Waals surface area contributed by atoms with Crippen LogP contribution in [0.25, 0.3) is 0 Å². The normalized spacial score (nSPS) is 23.4. The van der Waals surface area contributed by atoms with Crippen LogP contribution in [0.5, 0.6) is 0 Å². The summed E-state index contributed by atoms with van der Waals surface area (Å²) in [5, 5.41) is 18.3. The zero-order valence-electron chi connectivity index (χ0n) is 17.0. The largest absolute Gasteiger partial charge is 0.370 e. The monoisotopic (exact) mass is 386 g/mol. The highest BCUT2D eigenvalue weighted by atomic mass is 15.4. The lowest BCUT2D eigenvalue weighted by Gasteiger charge is -2.50. The molecule has 0 radical (unpaired) electrons. The first kappa shape index (κ1) is 20.6. The number of unbranched alkanes of at least 4 members (excludes halogenated alkanes) is 2. The summed E-state index contributed by atoms with van der Waals surface area (Å²) in [7, 11) is 0. The quantitative estimate of drug-likeness (QED) is 0.223. The van der Waals surface area contributed by atoms with Gasteiger partial charge in [0.1, 0.15) is 0 Å². The van der Waals surface area contributed by atoms with Crippen molar-refractivity contribution in [2.75, 3.05) is 58.9 Å². The minimum Gasteiger partial charge on any atom is -0.370 e. The number of benzene rings is 1. The van der Waals surface area contributed by atoms with Crippen molar-refractivity contribution in [2.24, 2.45) is 5.73 Å². The van der Waals surface area contributed by atoms with Gasteiger partial charge in [-0.05, 0) is 31.2 Å². The van der Waals surface area contributed by atoms with Crippen LogP contribution in [0.4, 0.5) is 0 Å². The lowest BCUT2D eigenvalue weighted by molar-refractivity contribution is -0.941. The van der Waals surface area contributed by atoms with E-state index in [2.05, 4.69) is 22.3 Å². The van der Waals surface area contributed by atoms with Gasteiger partial charge in [0.05, 0.1) is 26.2 Å². The number of hydrogen-bond acceptors (Lipinski definition) is 3. The number of nitrogens with two attached hydrogens (primary N) is 1. The Morgan fingerprint density at radius 2 is 1.68 bits per heavy atom. The molecule has 4 rings (SSSR count). The molecule has 3 fully saturated rings. The van der Waals surface area contributed by atoms with Gasteiger partial charge in [-0.15, -0.1) is 0 Å². The van der Waals surface area contributed by atoms with Gasteiger partial charge in [0.2, 0.25) is 0 Å². The van der Waals surface area contributed by atoms with Crippen LogP contribution in [0.15, 0.2) is 30.3 Å². The van der Waals surface area contributed by atoms with E-state index >= 15 is 0 Å². The van der Waals surface area contributed by atoms with E-state index in [0.29, 0.717) is 0 Å². The number of nitrogens with one attached hydrogen (secondary N) is 3. The Morgan fingerprint density at radius 1 is 1.00 bits per heavy atom. The molecular formula is C21H36N7+. The minimum absolute atomic E-state index is 0.172. The van der Waals surface area contributed by atoms with E-state index in [1.807, 2.05) is 23.1 Å². The fourth-order valence-electron chi connectivity index (χ4n) is 4.44. The summed E-state index contributed by atoms with van der Waals surface area (Å²) in [6.45, 7) is 10.7. The Kier molecular flexibility index (Phi) is 7.28. The molecule has 3 aliphatic rings. The van der Waals surface area contributed by atoms with E-state index in [1.165, 1.54) is 68.7 Å². The van der Waals surface area contributed by atoms with Crippen LogP contribution in [0.3, 0.4) is 0 Å². The highest BCUT2D eigenvalue weighted by molar-refractivity contribution is 5.94. The number of fused-ring (bicyclic) bond motifs is 3. The van der Waals surface area contributed by atoms with Crippen LogP contribution < -0.4 is 11.1 Å². The number of nitrogens with zero attached hydrogens (tertiary/aromatic N) is 3. The minimum atomic E-state index is -0.172. The van der Waals surface area contributed by atoms with Crippen molar-refractivity contribution >= 4 is 11.9 Å². The average Bonchev–Trinajstić information content (AvgIpc) is 2.71. The third kappa shape index (κ3) is 5.94. The van der Waals surface area contributed by atoms with Gasteiger partial charge < -0.3 is 15.1 Å². The second-order valence-electron chi connectivity index (χ2n) is 8.25. The molecule has 5 N–H and O–H groups in total. The number of piperazine rings is 3. The fourth-order valence-corrected chi connectivity index (χ4v) is 4.44. The zero-order chi connectivity index (χ0) is 19.8. The van der Waals surface area contributed by atoms with E-state index in [4.69, 9.17) is 16.6 Å². The van der Waals surface area contributed by atoms with Gasteiger partial charge in [0, 0.05) is 32.7 Å². The molecule has 0 atom stereocenters. The van der Waals surface area contributed by atoms with Gasteiger partial charge in [0.15, 0.2) is 11.9 Å². The van der Waals surface area contributed by atoms with Crippen LogP contribution in [0.1, 0.15) is 24.8 Å². The van der Waals surface area contributed by atoms with E-state index < -0.39 is 0 Å². The van der Waals surface area contributed by atoms with E-state index in [1.54, 1.807) is 0 Å². The molecule has 7 nitrogen and oxygen atoms in total. The Hall–Kier alpha value is -2.12. The van der Waals surface area contributed by atoms with Gasteiger partial charge in [0.25, 0.3) is 0 Å². The summed E-state index contributed by atoms with van der Waals surface area (Å²) in [6, 6.07) is 10.4. The summed E-state index contributed by atoms with van der Waals surface area (Å²) in [4.78, 5) is 4.61. The molecule has 28 heavy (non-hydrogen) atoms. The lowest BCUT2D eigenvalue weighted by atomic mass is 10.1. The molecule has 3 heterocycles. The molecule has 0 saturated carbocycles. The molecule has 1 aromatic carbocycles. The van der Waals surface area contributed by atoms with Gasteiger partial charge >= 0.3 is 0 Å². The second kappa shape index (κ2) is 9.89. The van der Waals surface area contributed by atoms with Gasteiger partial charge in [-0.25, -0.2) is 0 Å². The lowest BCUT2D eigenvalue weighted by Crippen LogP contribution is -2.67. The first-order valence-electron chi connectivity index (χ1n) is 10.6. The zero-order valence-corrected chi connectivity index (χ0v) is 17.0. The third-order valence-corrected chi connectivity index (χ3v) is 6.31. The third-order valence-electron chi connectivity index (χ3n) is 6.31. The van der Waals surface area contributed by atoms with Gasteiger partial charge in [-0.2, -0.15) is 0 Å². The topological polar surface area (TPSA) is 92.2 Å². The summed E-state index contributed by atoms with van der Waals surface area (Å²) in [5.74, 6) is 0.0622. The number of hydrogen-bond donors (Lipinski definition) is 4. The summed E-state index contributed by atoms with van der Waals surface area (Å²) in [6.07, 6.45) is 4.42. The maximum absolute atomic E-state index is 8.24. The molecule has 0 aromatic heterocycles. The van der Waals surface area contributed by atoms with E-state index in [-0.39, 0.29) is 11.9 Å². The fraction of sp³-hybridized carbons (Fsp3) is 0.619. The smallest absolute Gasteiger partial charge is 0.197 e. The van der Waals surface area contributed by atoms with Crippen molar-refractivity contribution in [2.45, 2.75) is 25.7 Å². The predicted octanol–water partition coefficient (Wildman–Crippen LogP) is 1.27. The molecule has 0 aliphatic carbocycles. The molecule has 0 amide bonds. The van der Waals surface area contributed by atoms with Crippen molar-refractivity contribution in [3.8, 4) is 0 Å². The molecule has 0 spiro atoms. The average molecular weight is 387 g/mol. The summed E-state index contributed by atoms with van der Waals surface area (Å²) < 4.78 is 1.33. The Balaban J connectivity index is 1.41. The molecule has 1 aromatic rings. The number of quaternary nitrogens is 1. The Labute approximate surface area is 169 Å². The maximum Gasteiger partial charge on any atom is 0.197 e. The van der Waals surface area contributed by atoms with Crippen molar-refractivity contribution in [3.05, 3.63) is 35.9 Å². The first-order valence-corrected chi connectivity index (χ1v) is 10.6. The first-order chi connectivity index (χ1) is 13.6. The van der Waals surface area contributed by atoms with Crippen molar-refractivity contribution in [1.82, 2.24) is 15.1 Å². The molecule has 7 heteroatoms. The molecule has 3 saturated heterocycles. The highest BCUT2D eigenvalue weighted by Gasteiger charge is 2.37. The van der Waals surface area contributed by atoms with Crippen LogP contribution in [0, 0.1) is 10.8 Å². The van der Waals surface area contributed by atoms with Crippen molar-refractivity contribution in [3.63, 3.8) is 0 Å². The standard InChI is InChI=1S/C21H36N7/c22-20(23)25-21(24)27(11-9-19-7-3-1-4-8-19)10-5-2-6-15-28-16-12-26(13-17-28)14-18-28/h1,3-4,7-8H,2,5-6,9-18H2,(H5,22,23,24,25)/q+1. The number of rotatable bonds is 9. The summed E-state index contributed by atoms with van der Waals surface area (Å²) >= 11 is 0. The molecule has 2 bridgehead atoms. The van der Waals surface area contributed by atoms with Crippen molar-refractivity contribution in [1.29, 1.82) is 10.8 Å². The maximum atomic E-state index is 8.24. The highest BCUT2D eigenvalue weighted by Crippen LogP contribution is 2.20. The van der Waals surface area contributed by atoms with E-state index in [9.17, 15) is 0 Å². The Morgan fingerprint density at radius 3 is 2.32 bits per heavy atom. The number of guanidine groups is 2. The van der Waals surface area contributed by atoms with Crippen molar-refractivity contribution < 1.29 is 4.48 Å². The molecule has 3 aliphatic heterocycles. The molecule has 154 valence electrons. The SMILES string of the molecule is N=C(N)NC(=N)N(CCCCC[N+]12CCN(CC1)CC2)CCc1ccccc1. The molecule has 0 unspecified atom stereocenters. The van der Waals surface area contributed by atoms with Gasteiger partial charge in [-0.3, -0.25) is 21.0 Å². The summed E-state index contributed by atoms with van der Waals surface area (Å²) in [5.41, 5.74) is 6.70. The van der Waals surface area contributed by atoms with Crippen LogP contribution in [0.2, 0.25) is 0 Å². The van der Waals surface area contributed by atoms with Crippen LogP contribution >= 0.6 is 0 Å². The van der Waals surface area contributed by atoms with Crippen LogP contribution in [-0.2, 0) is 6.42 Å². The van der Waals surface area contributed by atoms with Crippen LogP contribution in [-0.4, -0.2) is 85.1 Å².